The Bertz CT molecular complexity index is 413. The molecule has 0 aliphatic heterocycles. The minimum atomic E-state index is -0.324. The summed E-state index contributed by atoms with van der Waals surface area (Å²) in [6.45, 7) is 6.07. The summed E-state index contributed by atoms with van der Waals surface area (Å²) in [5.41, 5.74) is 2.74. The van der Waals surface area contributed by atoms with Crippen LogP contribution in [0.15, 0.2) is 29.8 Å². The summed E-state index contributed by atoms with van der Waals surface area (Å²) >= 11 is 0. The van der Waals surface area contributed by atoms with E-state index < -0.39 is 0 Å². The van der Waals surface area contributed by atoms with Crippen molar-refractivity contribution in [3.05, 3.63) is 41.0 Å². The lowest BCUT2D eigenvalue weighted by Gasteiger charge is -2.10. The molecular weight excluding hydrogens is 216 g/mol. The largest absolute Gasteiger partial charge is 0.489 e. The van der Waals surface area contributed by atoms with Crippen LogP contribution in [-0.4, -0.2) is 19.7 Å². The van der Waals surface area contributed by atoms with Gasteiger partial charge >= 0.3 is 5.97 Å². The quantitative estimate of drug-likeness (QED) is 0.593. The second-order valence-electron chi connectivity index (χ2n) is 3.91. The van der Waals surface area contributed by atoms with Gasteiger partial charge in [-0.15, -0.1) is 0 Å². The standard InChI is InChI=1S/C14H18O3/c1-10-6-5-7-11(2)13(10)17-9-8-12(3)14(15)16-4/h5-8H,9H2,1-4H3. The molecule has 0 aliphatic rings. The highest BCUT2D eigenvalue weighted by Crippen LogP contribution is 2.22. The van der Waals surface area contributed by atoms with Gasteiger partial charge in [-0.05, 0) is 38.0 Å². The Labute approximate surface area is 102 Å². The fourth-order valence-electron chi connectivity index (χ4n) is 1.52. The number of esters is 1. The summed E-state index contributed by atoms with van der Waals surface area (Å²) in [5.74, 6) is 0.552. The molecule has 92 valence electrons. The van der Waals surface area contributed by atoms with Crippen LogP contribution < -0.4 is 4.74 Å². The summed E-state index contributed by atoms with van der Waals surface area (Å²) in [7, 11) is 1.37. The minimum Gasteiger partial charge on any atom is -0.489 e. The van der Waals surface area contributed by atoms with E-state index in [1.54, 1.807) is 13.0 Å². The summed E-state index contributed by atoms with van der Waals surface area (Å²) in [6.07, 6.45) is 1.72. The van der Waals surface area contributed by atoms with Gasteiger partial charge in [-0.1, -0.05) is 18.2 Å². The minimum absolute atomic E-state index is 0.324. The van der Waals surface area contributed by atoms with Crippen LogP contribution in [0.5, 0.6) is 5.75 Å². The smallest absolute Gasteiger partial charge is 0.333 e. The molecule has 0 aromatic heterocycles. The predicted molar refractivity (Wildman–Crippen MR) is 67.2 cm³/mol. The fraction of sp³-hybridized carbons (Fsp3) is 0.357. The molecule has 1 aromatic carbocycles. The normalized spacial score (nSPS) is 11.2. The maximum absolute atomic E-state index is 11.1. The summed E-state index contributed by atoms with van der Waals surface area (Å²) in [5, 5.41) is 0. The van der Waals surface area contributed by atoms with Crippen molar-refractivity contribution in [1.29, 1.82) is 0 Å². The van der Waals surface area contributed by atoms with E-state index in [9.17, 15) is 4.79 Å². The van der Waals surface area contributed by atoms with Gasteiger partial charge in [0.1, 0.15) is 12.4 Å². The first kappa shape index (κ1) is 13.3. The highest BCUT2D eigenvalue weighted by molar-refractivity contribution is 5.87. The van der Waals surface area contributed by atoms with Crippen LogP contribution in [0.2, 0.25) is 0 Å². The molecule has 0 unspecified atom stereocenters. The van der Waals surface area contributed by atoms with Crippen molar-refractivity contribution in [1.82, 2.24) is 0 Å². The molecule has 0 N–H and O–H groups in total. The van der Waals surface area contributed by atoms with E-state index in [1.807, 2.05) is 32.0 Å². The lowest BCUT2D eigenvalue weighted by molar-refractivity contribution is -0.136. The van der Waals surface area contributed by atoms with Gasteiger partial charge in [-0.25, -0.2) is 4.79 Å². The van der Waals surface area contributed by atoms with E-state index in [0.717, 1.165) is 16.9 Å². The molecule has 3 nitrogen and oxygen atoms in total. The van der Waals surface area contributed by atoms with Crippen molar-refractivity contribution < 1.29 is 14.3 Å². The van der Waals surface area contributed by atoms with Gasteiger partial charge in [0.15, 0.2) is 0 Å². The third-order valence-corrected chi connectivity index (χ3v) is 2.53. The number of carbonyl (C=O) groups is 1. The van der Waals surface area contributed by atoms with E-state index in [0.29, 0.717) is 12.2 Å². The van der Waals surface area contributed by atoms with Gasteiger partial charge in [0.25, 0.3) is 0 Å². The predicted octanol–water partition coefficient (Wildman–Crippen LogP) is 2.80. The Hall–Kier alpha value is -1.77. The number of rotatable bonds is 4. The van der Waals surface area contributed by atoms with E-state index in [-0.39, 0.29) is 5.97 Å². The molecule has 0 saturated carbocycles. The molecule has 0 saturated heterocycles. The highest BCUT2D eigenvalue weighted by atomic mass is 16.5. The van der Waals surface area contributed by atoms with Crippen LogP contribution in [-0.2, 0) is 9.53 Å². The molecular formula is C14H18O3. The Morgan fingerprint density at radius 2 is 1.88 bits per heavy atom. The molecule has 0 bridgehead atoms. The van der Waals surface area contributed by atoms with Crippen LogP contribution in [0.4, 0.5) is 0 Å². The van der Waals surface area contributed by atoms with Crippen LogP contribution in [0.3, 0.4) is 0 Å². The molecule has 0 heterocycles. The van der Waals surface area contributed by atoms with E-state index in [2.05, 4.69) is 4.74 Å². The van der Waals surface area contributed by atoms with E-state index in [4.69, 9.17) is 4.74 Å². The number of hydrogen-bond acceptors (Lipinski definition) is 3. The number of aryl methyl sites for hydroxylation is 2. The zero-order valence-electron chi connectivity index (χ0n) is 10.7. The topological polar surface area (TPSA) is 35.5 Å². The van der Waals surface area contributed by atoms with Crippen LogP contribution in [0.25, 0.3) is 0 Å². The number of para-hydroxylation sites is 1. The molecule has 0 spiro atoms. The van der Waals surface area contributed by atoms with E-state index in [1.165, 1.54) is 7.11 Å². The third-order valence-electron chi connectivity index (χ3n) is 2.53. The van der Waals surface area contributed by atoms with Crippen molar-refractivity contribution in [2.24, 2.45) is 0 Å². The lowest BCUT2D eigenvalue weighted by Crippen LogP contribution is -2.04. The molecule has 1 aromatic rings. The first-order valence-electron chi connectivity index (χ1n) is 5.50. The van der Waals surface area contributed by atoms with Gasteiger partial charge < -0.3 is 9.47 Å². The summed E-state index contributed by atoms with van der Waals surface area (Å²) in [4.78, 5) is 11.1. The maximum atomic E-state index is 11.1. The first-order valence-corrected chi connectivity index (χ1v) is 5.50. The molecule has 0 fully saturated rings. The summed E-state index contributed by atoms with van der Waals surface area (Å²) in [6, 6.07) is 5.99. The summed E-state index contributed by atoms with van der Waals surface area (Å²) < 4.78 is 10.2. The van der Waals surface area contributed by atoms with Crippen molar-refractivity contribution in [2.75, 3.05) is 13.7 Å². The number of methoxy groups -OCH3 is 1. The third kappa shape index (κ3) is 3.63. The molecule has 0 atom stereocenters. The van der Waals surface area contributed by atoms with Crippen LogP contribution in [0, 0.1) is 13.8 Å². The average molecular weight is 234 g/mol. The molecule has 3 heteroatoms. The Morgan fingerprint density at radius 1 is 1.29 bits per heavy atom. The molecule has 0 amide bonds. The Balaban J connectivity index is 2.66. The highest BCUT2D eigenvalue weighted by Gasteiger charge is 2.04. The van der Waals surface area contributed by atoms with Crippen molar-refractivity contribution in [2.45, 2.75) is 20.8 Å². The van der Waals surface area contributed by atoms with Gasteiger partial charge in [0, 0.05) is 5.57 Å². The average Bonchev–Trinajstić information content (AvgIpc) is 2.31. The molecule has 1 rings (SSSR count). The van der Waals surface area contributed by atoms with Gasteiger partial charge in [-0.3, -0.25) is 0 Å². The van der Waals surface area contributed by atoms with Crippen LogP contribution >= 0.6 is 0 Å². The molecule has 17 heavy (non-hydrogen) atoms. The Kier molecular flexibility index (Phi) is 4.76. The maximum Gasteiger partial charge on any atom is 0.333 e. The zero-order chi connectivity index (χ0) is 12.8. The van der Waals surface area contributed by atoms with Crippen molar-refractivity contribution in [3.63, 3.8) is 0 Å². The zero-order valence-corrected chi connectivity index (χ0v) is 10.7. The molecule has 0 radical (unpaired) electrons. The number of carbonyl (C=O) groups excluding carboxylic acids is 1. The number of benzene rings is 1. The first-order chi connectivity index (χ1) is 8.06. The number of hydrogen-bond donors (Lipinski definition) is 0. The lowest BCUT2D eigenvalue weighted by atomic mass is 10.1. The van der Waals surface area contributed by atoms with E-state index >= 15 is 0 Å². The van der Waals surface area contributed by atoms with Crippen LogP contribution in [0.1, 0.15) is 18.1 Å². The van der Waals surface area contributed by atoms with Crippen molar-refractivity contribution >= 4 is 5.97 Å². The van der Waals surface area contributed by atoms with Gasteiger partial charge in [-0.2, -0.15) is 0 Å². The fourth-order valence-corrected chi connectivity index (χ4v) is 1.52. The second-order valence-corrected chi connectivity index (χ2v) is 3.91. The number of ether oxygens (including phenoxy) is 2. The molecule has 0 aliphatic carbocycles. The SMILES string of the molecule is COC(=O)C(C)=CCOc1c(C)cccc1C. The Morgan fingerprint density at radius 3 is 2.41 bits per heavy atom. The monoisotopic (exact) mass is 234 g/mol. The van der Waals surface area contributed by atoms with Crippen molar-refractivity contribution in [3.8, 4) is 5.75 Å². The van der Waals surface area contributed by atoms with Gasteiger partial charge in [0.05, 0.1) is 7.11 Å². The van der Waals surface area contributed by atoms with Gasteiger partial charge in [0.2, 0.25) is 0 Å². The second kappa shape index (κ2) is 6.09.